The highest BCUT2D eigenvalue weighted by Crippen LogP contribution is 2.30. The van der Waals surface area contributed by atoms with E-state index in [0.29, 0.717) is 22.4 Å². The van der Waals surface area contributed by atoms with Gasteiger partial charge in [0.15, 0.2) is 0 Å². The number of fused-ring (bicyclic) bond motifs is 1. The molecule has 3 rings (SSSR count). The molecule has 6 heteroatoms. The van der Waals surface area contributed by atoms with Gasteiger partial charge in [0.05, 0.1) is 5.69 Å². The molecule has 0 spiro atoms. The third-order valence-corrected chi connectivity index (χ3v) is 3.68. The zero-order valence-corrected chi connectivity index (χ0v) is 11.9. The van der Waals surface area contributed by atoms with Gasteiger partial charge < -0.3 is 4.42 Å². The van der Waals surface area contributed by atoms with E-state index in [-0.39, 0.29) is 5.82 Å². The molecule has 0 saturated carbocycles. The van der Waals surface area contributed by atoms with Gasteiger partial charge in [-0.15, -0.1) is 0 Å². The maximum atomic E-state index is 13.2. The SMILES string of the molecule is NNC(c1cc2cc(F)ccc2o1)c1ncccc1Br. The van der Waals surface area contributed by atoms with Crippen LogP contribution in [-0.4, -0.2) is 4.98 Å². The molecule has 20 heavy (non-hydrogen) atoms. The molecule has 2 heterocycles. The van der Waals surface area contributed by atoms with Crippen LogP contribution in [0.2, 0.25) is 0 Å². The number of hydrazine groups is 1. The first kappa shape index (κ1) is 13.2. The summed E-state index contributed by atoms with van der Waals surface area (Å²) < 4.78 is 19.7. The Morgan fingerprint density at radius 3 is 2.90 bits per heavy atom. The highest BCUT2D eigenvalue weighted by molar-refractivity contribution is 9.10. The monoisotopic (exact) mass is 335 g/mol. The average Bonchev–Trinajstić information content (AvgIpc) is 2.84. The highest BCUT2D eigenvalue weighted by atomic mass is 79.9. The lowest BCUT2D eigenvalue weighted by Crippen LogP contribution is -2.29. The molecule has 3 aromatic rings. The molecule has 3 N–H and O–H groups in total. The van der Waals surface area contributed by atoms with Crippen LogP contribution < -0.4 is 11.3 Å². The number of nitrogens with one attached hydrogen (secondary N) is 1. The van der Waals surface area contributed by atoms with E-state index in [0.717, 1.165) is 4.47 Å². The molecule has 0 fully saturated rings. The number of hydrogen-bond donors (Lipinski definition) is 2. The van der Waals surface area contributed by atoms with Crippen LogP contribution in [0.3, 0.4) is 0 Å². The second kappa shape index (κ2) is 5.32. The lowest BCUT2D eigenvalue weighted by atomic mass is 10.1. The third kappa shape index (κ3) is 2.33. The molecule has 2 aromatic heterocycles. The van der Waals surface area contributed by atoms with E-state index in [4.69, 9.17) is 10.3 Å². The third-order valence-electron chi connectivity index (χ3n) is 3.01. The first-order valence-electron chi connectivity index (χ1n) is 5.94. The number of hydrogen-bond acceptors (Lipinski definition) is 4. The van der Waals surface area contributed by atoms with Crippen LogP contribution in [0, 0.1) is 5.82 Å². The minimum Gasteiger partial charge on any atom is -0.459 e. The molecule has 0 saturated heterocycles. The van der Waals surface area contributed by atoms with Crippen LogP contribution >= 0.6 is 15.9 Å². The van der Waals surface area contributed by atoms with Crippen molar-refractivity contribution in [2.45, 2.75) is 6.04 Å². The summed E-state index contributed by atoms with van der Waals surface area (Å²) in [5.74, 6) is 5.88. The Labute approximate surface area is 122 Å². The summed E-state index contributed by atoms with van der Waals surface area (Å²) >= 11 is 3.43. The lowest BCUT2D eigenvalue weighted by Gasteiger charge is -2.13. The second-order valence-electron chi connectivity index (χ2n) is 4.30. The van der Waals surface area contributed by atoms with Crippen molar-refractivity contribution in [3.63, 3.8) is 0 Å². The Hall–Kier alpha value is -1.76. The van der Waals surface area contributed by atoms with Crippen LogP contribution in [0.1, 0.15) is 17.5 Å². The van der Waals surface area contributed by atoms with Crippen molar-refractivity contribution in [2.75, 3.05) is 0 Å². The second-order valence-corrected chi connectivity index (χ2v) is 5.16. The van der Waals surface area contributed by atoms with E-state index >= 15 is 0 Å². The van der Waals surface area contributed by atoms with Gasteiger partial charge in [0, 0.05) is 16.1 Å². The summed E-state index contributed by atoms with van der Waals surface area (Å²) in [6.45, 7) is 0. The van der Waals surface area contributed by atoms with Crippen LogP contribution in [0.4, 0.5) is 4.39 Å². The number of benzene rings is 1. The number of halogens is 2. The summed E-state index contributed by atoms with van der Waals surface area (Å²) in [4.78, 5) is 4.29. The number of furan rings is 1. The molecule has 0 aliphatic heterocycles. The van der Waals surface area contributed by atoms with Crippen LogP contribution in [0.5, 0.6) is 0 Å². The summed E-state index contributed by atoms with van der Waals surface area (Å²) in [5.41, 5.74) is 3.98. The average molecular weight is 336 g/mol. The number of rotatable bonds is 3. The first-order chi connectivity index (χ1) is 9.69. The molecule has 102 valence electrons. The summed E-state index contributed by atoms with van der Waals surface area (Å²) in [6.07, 6.45) is 1.67. The normalized spacial score (nSPS) is 12.8. The van der Waals surface area contributed by atoms with Crippen molar-refractivity contribution in [1.29, 1.82) is 0 Å². The molecule has 1 aromatic carbocycles. The van der Waals surface area contributed by atoms with Gasteiger partial charge in [-0.2, -0.15) is 0 Å². The van der Waals surface area contributed by atoms with Gasteiger partial charge in [-0.1, -0.05) is 0 Å². The standard InChI is InChI=1S/C14H11BrFN3O/c15-10-2-1-5-18-13(10)14(19-17)12-7-8-6-9(16)3-4-11(8)20-12/h1-7,14,19H,17H2. The van der Waals surface area contributed by atoms with Crippen molar-refractivity contribution >= 4 is 26.9 Å². The predicted octanol–water partition coefficient (Wildman–Crippen LogP) is 3.28. The minimum absolute atomic E-state index is 0.305. The number of nitrogens with two attached hydrogens (primary N) is 1. The molecule has 0 aliphatic carbocycles. The largest absolute Gasteiger partial charge is 0.459 e. The summed E-state index contributed by atoms with van der Waals surface area (Å²) in [5, 5.41) is 0.687. The maximum absolute atomic E-state index is 13.2. The molecule has 4 nitrogen and oxygen atoms in total. The Morgan fingerprint density at radius 1 is 1.30 bits per heavy atom. The van der Waals surface area contributed by atoms with E-state index < -0.39 is 6.04 Å². The maximum Gasteiger partial charge on any atom is 0.134 e. The van der Waals surface area contributed by atoms with E-state index in [1.54, 1.807) is 18.3 Å². The van der Waals surface area contributed by atoms with Crippen molar-refractivity contribution in [1.82, 2.24) is 10.4 Å². The molecule has 0 bridgehead atoms. The number of aromatic nitrogens is 1. The minimum atomic E-state index is -0.416. The zero-order chi connectivity index (χ0) is 14.1. The van der Waals surface area contributed by atoms with Crippen molar-refractivity contribution < 1.29 is 8.81 Å². The van der Waals surface area contributed by atoms with E-state index in [2.05, 4.69) is 26.3 Å². The quantitative estimate of drug-likeness (QED) is 0.569. The fourth-order valence-electron chi connectivity index (χ4n) is 2.08. The van der Waals surface area contributed by atoms with Crippen LogP contribution in [0.15, 0.2) is 51.5 Å². The van der Waals surface area contributed by atoms with Gasteiger partial charge in [-0.05, 0) is 52.3 Å². The van der Waals surface area contributed by atoms with Crippen molar-refractivity contribution in [3.8, 4) is 0 Å². The van der Waals surface area contributed by atoms with Gasteiger partial charge in [0.1, 0.15) is 23.2 Å². The van der Waals surface area contributed by atoms with E-state index in [9.17, 15) is 4.39 Å². The molecular weight excluding hydrogens is 325 g/mol. The topological polar surface area (TPSA) is 64.1 Å². The van der Waals surface area contributed by atoms with Gasteiger partial charge in [0.25, 0.3) is 0 Å². The Balaban J connectivity index is 2.10. The van der Waals surface area contributed by atoms with Crippen molar-refractivity contribution in [3.05, 3.63) is 64.3 Å². The molecule has 0 aliphatic rings. The molecular formula is C14H11BrFN3O. The van der Waals surface area contributed by atoms with E-state index in [1.165, 1.54) is 12.1 Å². The number of pyridine rings is 1. The Bertz CT molecular complexity index is 759. The summed E-state index contributed by atoms with van der Waals surface area (Å²) in [7, 11) is 0. The van der Waals surface area contributed by atoms with Crippen molar-refractivity contribution in [2.24, 2.45) is 5.84 Å². The Morgan fingerprint density at radius 2 is 2.15 bits per heavy atom. The van der Waals surface area contributed by atoms with Gasteiger partial charge in [-0.3, -0.25) is 10.8 Å². The van der Waals surface area contributed by atoms with Crippen LogP contribution in [-0.2, 0) is 0 Å². The predicted molar refractivity (Wildman–Crippen MR) is 77.3 cm³/mol. The Kier molecular flexibility index (Phi) is 3.52. The molecule has 0 radical (unpaired) electrons. The van der Waals surface area contributed by atoms with Gasteiger partial charge in [0.2, 0.25) is 0 Å². The van der Waals surface area contributed by atoms with Gasteiger partial charge >= 0.3 is 0 Å². The molecule has 1 atom stereocenters. The zero-order valence-electron chi connectivity index (χ0n) is 10.3. The highest BCUT2D eigenvalue weighted by Gasteiger charge is 2.20. The molecule has 1 unspecified atom stereocenters. The number of nitrogens with zero attached hydrogens (tertiary/aromatic N) is 1. The summed E-state index contributed by atoms with van der Waals surface area (Å²) in [6, 6.07) is 9.39. The smallest absolute Gasteiger partial charge is 0.134 e. The van der Waals surface area contributed by atoms with E-state index in [1.807, 2.05) is 12.1 Å². The fourth-order valence-corrected chi connectivity index (χ4v) is 2.57. The fraction of sp³-hybridized carbons (Fsp3) is 0.0714. The van der Waals surface area contributed by atoms with Crippen LogP contribution in [0.25, 0.3) is 11.0 Å². The lowest BCUT2D eigenvalue weighted by molar-refractivity contribution is 0.470. The first-order valence-corrected chi connectivity index (χ1v) is 6.74. The van der Waals surface area contributed by atoms with Gasteiger partial charge in [-0.25, -0.2) is 9.82 Å². The molecule has 0 amide bonds.